The Morgan fingerprint density at radius 2 is 1.56 bits per heavy atom. The average molecular weight is 670 g/mol. The van der Waals surface area contributed by atoms with E-state index in [1.165, 1.54) is 24.6 Å². The highest BCUT2D eigenvalue weighted by atomic mass is 35.5. The lowest BCUT2D eigenvalue weighted by Crippen LogP contribution is -2.40. The largest absolute Gasteiger partial charge is 0.480 e. The molecule has 2 aromatic carbocycles. The monoisotopic (exact) mass is 668 g/mol. The third-order valence-corrected chi connectivity index (χ3v) is 6.26. The molecule has 0 aliphatic heterocycles. The van der Waals surface area contributed by atoms with E-state index in [1.54, 1.807) is 24.3 Å². The number of carbonyl (C=O) groups is 2. The van der Waals surface area contributed by atoms with E-state index in [9.17, 15) is 19.7 Å². The Balaban J connectivity index is 0. The SMILES string of the molecule is C/C=C\C.C=C(C)C.CC(C)NCCN(c1ccc([N+](=O)[O-])c(C(=O)NC(C)C(=O)O)c1)C(C)C.OCc1c(Cl)cccc1Cl. The molecule has 4 N–H and O–H groups in total. The zero-order valence-corrected chi connectivity index (χ0v) is 29.4. The summed E-state index contributed by atoms with van der Waals surface area (Å²) in [6, 6.07) is 8.73. The normalized spacial score (nSPS) is 10.9. The number of nitrogens with zero attached hydrogens (tertiary/aromatic N) is 2. The number of nitro groups is 1. The van der Waals surface area contributed by atoms with Gasteiger partial charge >= 0.3 is 5.97 Å². The lowest BCUT2D eigenvalue weighted by Gasteiger charge is -2.30. The molecule has 0 aromatic heterocycles. The summed E-state index contributed by atoms with van der Waals surface area (Å²) in [5.74, 6) is -2.01. The predicted octanol–water partition coefficient (Wildman–Crippen LogP) is 7.66. The number of carboxylic acid groups (broad SMARTS) is 1. The molecule has 10 nitrogen and oxygen atoms in total. The third kappa shape index (κ3) is 18.9. The van der Waals surface area contributed by atoms with Gasteiger partial charge in [0.1, 0.15) is 11.6 Å². The number of halogens is 2. The lowest BCUT2D eigenvalue weighted by molar-refractivity contribution is -0.385. The van der Waals surface area contributed by atoms with Crippen molar-refractivity contribution in [3.63, 3.8) is 0 Å². The van der Waals surface area contributed by atoms with Crippen molar-refractivity contribution < 1.29 is 24.7 Å². The van der Waals surface area contributed by atoms with Gasteiger partial charge in [-0.3, -0.25) is 19.7 Å². The van der Waals surface area contributed by atoms with Crippen molar-refractivity contribution in [2.75, 3.05) is 18.0 Å². The van der Waals surface area contributed by atoms with Crippen LogP contribution in [0, 0.1) is 10.1 Å². The number of anilines is 1. The number of hydrogen-bond acceptors (Lipinski definition) is 7. The van der Waals surface area contributed by atoms with Crippen molar-refractivity contribution >= 4 is 46.5 Å². The maximum atomic E-state index is 12.4. The van der Waals surface area contributed by atoms with Gasteiger partial charge in [0.25, 0.3) is 11.6 Å². The number of nitro benzene ring substituents is 1. The van der Waals surface area contributed by atoms with Crippen LogP contribution in [-0.2, 0) is 11.4 Å². The quantitative estimate of drug-likeness (QED) is 0.108. The molecule has 1 amide bonds. The highest BCUT2D eigenvalue weighted by Crippen LogP contribution is 2.26. The first-order valence-electron chi connectivity index (χ1n) is 14.5. The van der Waals surface area contributed by atoms with Crippen LogP contribution >= 0.6 is 23.2 Å². The molecule has 2 aromatic rings. The van der Waals surface area contributed by atoms with Crippen LogP contribution in [0.1, 0.15) is 78.2 Å². The number of allylic oxidation sites excluding steroid dienone is 3. The van der Waals surface area contributed by atoms with Crippen LogP contribution in [0.2, 0.25) is 10.0 Å². The molecule has 45 heavy (non-hydrogen) atoms. The molecule has 0 fully saturated rings. The Kier molecular flexibility index (Phi) is 23.2. The van der Waals surface area contributed by atoms with Crippen LogP contribution < -0.4 is 15.5 Å². The van der Waals surface area contributed by atoms with Gasteiger partial charge in [-0.2, -0.15) is 0 Å². The number of aliphatic carboxylic acids is 1. The van der Waals surface area contributed by atoms with Crippen molar-refractivity contribution in [2.24, 2.45) is 0 Å². The number of benzene rings is 2. The minimum Gasteiger partial charge on any atom is -0.480 e. The Labute approximate surface area is 278 Å². The Morgan fingerprint density at radius 1 is 1.04 bits per heavy atom. The zero-order valence-electron chi connectivity index (χ0n) is 27.9. The van der Waals surface area contributed by atoms with Crippen LogP contribution in [-0.4, -0.2) is 58.2 Å². The molecule has 12 heteroatoms. The molecule has 0 saturated heterocycles. The maximum absolute atomic E-state index is 12.4. The molecule has 252 valence electrons. The summed E-state index contributed by atoms with van der Waals surface area (Å²) in [5.41, 5.74) is 1.89. The van der Waals surface area contributed by atoms with Gasteiger partial charge in [0.2, 0.25) is 0 Å². The molecule has 0 radical (unpaired) electrons. The molecule has 0 saturated carbocycles. The minimum atomic E-state index is -1.22. The Bertz CT molecular complexity index is 1220. The average Bonchev–Trinajstić information content (AvgIpc) is 2.95. The number of amides is 1. The van der Waals surface area contributed by atoms with Gasteiger partial charge in [-0.25, -0.2) is 0 Å². The molecule has 0 aliphatic carbocycles. The molecule has 0 spiro atoms. The van der Waals surface area contributed by atoms with Crippen molar-refractivity contribution in [3.8, 4) is 0 Å². The molecular weight excluding hydrogens is 619 g/mol. The molecule has 0 heterocycles. The van der Waals surface area contributed by atoms with E-state index in [2.05, 4.69) is 17.2 Å². The molecule has 1 atom stereocenters. The van der Waals surface area contributed by atoms with Crippen molar-refractivity contribution in [3.05, 3.63) is 92.0 Å². The van der Waals surface area contributed by atoms with Gasteiger partial charge in [-0.05, 0) is 72.7 Å². The van der Waals surface area contributed by atoms with Crippen LogP contribution in [0.5, 0.6) is 0 Å². The number of carbonyl (C=O) groups excluding carboxylic acids is 1. The summed E-state index contributed by atoms with van der Waals surface area (Å²) >= 11 is 11.4. The second-order valence-electron chi connectivity index (χ2n) is 10.6. The fourth-order valence-electron chi connectivity index (χ4n) is 3.22. The smallest absolute Gasteiger partial charge is 0.325 e. The predicted molar refractivity (Wildman–Crippen MR) is 187 cm³/mol. The molecule has 0 bridgehead atoms. The Hall–Kier alpha value is -3.44. The van der Waals surface area contributed by atoms with Crippen LogP contribution in [0.3, 0.4) is 0 Å². The summed E-state index contributed by atoms with van der Waals surface area (Å²) in [6.07, 6.45) is 4.00. The fourth-order valence-corrected chi connectivity index (χ4v) is 3.74. The zero-order chi connectivity index (χ0) is 35.3. The maximum Gasteiger partial charge on any atom is 0.325 e. The Morgan fingerprint density at radius 3 is 1.91 bits per heavy atom. The lowest BCUT2D eigenvalue weighted by atomic mass is 10.1. The first kappa shape index (κ1) is 43.7. The van der Waals surface area contributed by atoms with Gasteiger partial charge in [0.15, 0.2) is 0 Å². The van der Waals surface area contributed by atoms with Crippen LogP contribution in [0.25, 0.3) is 0 Å². The van der Waals surface area contributed by atoms with E-state index in [-0.39, 0.29) is 23.9 Å². The summed E-state index contributed by atoms with van der Waals surface area (Å²) in [5, 5.41) is 35.6. The molecular formula is C33H50Cl2N4O6. The van der Waals surface area contributed by atoms with Gasteiger partial charge in [0, 0.05) is 52.5 Å². The van der Waals surface area contributed by atoms with E-state index in [0.717, 1.165) is 0 Å². The van der Waals surface area contributed by atoms with Crippen molar-refractivity contribution in [1.29, 1.82) is 0 Å². The highest BCUT2D eigenvalue weighted by Gasteiger charge is 2.25. The number of carboxylic acids is 1. The van der Waals surface area contributed by atoms with E-state index in [4.69, 9.17) is 33.4 Å². The number of rotatable bonds is 11. The minimum absolute atomic E-state index is 0.106. The van der Waals surface area contributed by atoms with Gasteiger partial charge in [-0.1, -0.05) is 60.8 Å². The summed E-state index contributed by atoms with van der Waals surface area (Å²) in [6.45, 7) is 22.1. The van der Waals surface area contributed by atoms with Crippen LogP contribution in [0.15, 0.2) is 60.7 Å². The topological polar surface area (TPSA) is 145 Å². The second-order valence-corrected chi connectivity index (χ2v) is 11.4. The number of hydrogen-bond donors (Lipinski definition) is 4. The molecule has 0 aliphatic rings. The van der Waals surface area contributed by atoms with Crippen molar-refractivity contribution in [1.82, 2.24) is 10.6 Å². The first-order chi connectivity index (χ1) is 20.9. The van der Waals surface area contributed by atoms with Gasteiger partial charge in [0.05, 0.1) is 11.5 Å². The van der Waals surface area contributed by atoms with Gasteiger partial charge < -0.3 is 25.7 Å². The second kappa shape index (κ2) is 23.9. The van der Waals surface area contributed by atoms with Crippen LogP contribution in [0.4, 0.5) is 11.4 Å². The van der Waals surface area contributed by atoms with E-state index in [0.29, 0.717) is 40.4 Å². The van der Waals surface area contributed by atoms with E-state index >= 15 is 0 Å². The third-order valence-electron chi connectivity index (χ3n) is 5.55. The van der Waals surface area contributed by atoms with Crippen molar-refractivity contribution in [2.45, 2.75) is 87.0 Å². The highest BCUT2D eigenvalue weighted by molar-refractivity contribution is 6.35. The summed E-state index contributed by atoms with van der Waals surface area (Å²) in [7, 11) is 0. The number of aliphatic hydroxyl groups excluding tert-OH is 1. The van der Waals surface area contributed by atoms with E-state index < -0.39 is 22.8 Å². The molecule has 2 rings (SSSR count). The van der Waals surface area contributed by atoms with E-state index in [1.807, 2.05) is 72.4 Å². The fraction of sp³-hybridized carbons (Fsp3) is 0.455. The number of nitrogens with one attached hydrogen (secondary N) is 2. The number of aliphatic hydroxyl groups is 1. The summed E-state index contributed by atoms with van der Waals surface area (Å²) < 4.78 is 0. The standard InChI is InChI=1S/C18H28N4O5.C7H6Cl2O.2C4H8/c1-11(2)19-8-9-21(12(3)4)14-6-7-16(22(26)27)15(10-14)17(23)20-13(5)18(24)25;8-6-2-1-3-7(9)5(6)4-10;1-4(2)3;1-3-4-2/h6-7,10-13,19H,8-9H2,1-5H3,(H,20,23)(H,24,25);1-3,10H,4H2;1H2,2-3H3;3-4H,1-2H3/b;;;4-3-. The first-order valence-corrected chi connectivity index (χ1v) is 15.3. The summed E-state index contributed by atoms with van der Waals surface area (Å²) in [4.78, 5) is 36.1. The molecule has 1 unspecified atom stereocenters. The van der Waals surface area contributed by atoms with Gasteiger partial charge in [-0.15, -0.1) is 6.58 Å².